The van der Waals surface area contributed by atoms with Crippen molar-refractivity contribution in [2.24, 2.45) is 0 Å². The number of halogens is 1. The van der Waals surface area contributed by atoms with E-state index >= 15 is 0 Å². The summed E-state index contributed by atoms with van der Waals surface area (Å²) in [5.74, 6) is -1.64. The van der Waals surface area contributed by atoms with Crippen LogP contribution in [0.2, 0.25) is 0 Å². The fraction of sp³-hybridized carbons (Fsp3) is 0.385. The molecule has 1 aromatic rings. The Morgan fingerprint density at radius 2 is 1.96 bits per heavy atom. The van der Waals surface area contributed by atoms with Gasteiger partial charge >= 0.3 is 11.8 Å². The zero-order chi connectivity index (χ0) is 17.0. The molecule has 0 aliphatic carbocycles. The maximum atomic E-state index is 12.6. The van der Waals surface area contributed by atoms with Crippen LogP contribution in [0.1, 0.15) is 0 Å². The normalized spacial score (nSPS) is 18.6. The maximum Gasteiger partial charge on any atom is 0.309 e. The van der Waals surface area contributed by atoms with E-state index in [0.717, 1.165) is 4.47 Å². The van der Waals surface area contributed by atoms with Gasteiger partial charge < -0.3 is 15.4 Å². The van der Waals surface area contributed by atoms with E-state index < -0.39 is 28.1 Å². The summed E-state index contributed by atoms with van der Waals surface area (Å²) in [7, 11) is -2.41. The fourth-order valence-electron chi connectivity index (χ4n) is 2.06. The highest BCUT2D eigenvalue weighted by molar-refractivity contribution is 9.10. The summed E-state index contributed by atoms with van der Waals surface area (Å²) in [6.45, 7) is 0.289. The molecule has 2 N–H and O–H groups in total. The molecule has 1 aromatic carbocycles. The summed E-state index contributed by atoms with van der Waals surface area (Å²) in [5.41, 5.74) is 0. The number of ether oxygens (including phenoxy) is 1. The molecule has 0 saturated carbocycles. The van der Waals surface area contributed by atoms with Crippen LogP contribution in [0.15, 0.2) is 33.6 Å². The van der Waals surface area contributed by atoms with Crippen LogP contribution in [0.5, 0.6) is 0 Å². The molecule has 10 heteroatoms. The van der Waals surface area contributed by atoms with Crippen LogP contribution in [0.4, 0.5) is 0 Å². The molecule has 1 atom stereocenters. The van der Waals surface area contributed by atoms with Crippen LogP contribution in [0, 0.1) is 0 Å². The average molecular weight is 406 g/mol. The lowest BCUT2D eigenvalue weighted by atomic mass is 10.4. The Morgan fingerprint density at radius 1 is 1.30 bits per heavy atom. The maximum absolute atomic E-state index is 12.6. The zero-order valence-electron chi connectivity index (χ0n) is 12.3. The van der Waals surface area contributed by atoms with Gasteiger partial charge in [0.2, 0.25) is 10.0 Å². The predicted molar refractivity (Wildman–Crippen MR) is 84.9 cm³/mol. The van der Waals surface area contributed by atoms with Crippen molar-refractivity contribution in [2.45, 2.75) is 11.1 Å². The third-order valence-corrected chi connectivity index (χ3v) is 5.67. The van der Waals surface area contributed by atoms with Crippen molar-refractivity contribution >= 4 is 37.8 Å². The van der Waals surface area contributed by atoms with Gasteiger partial charge in [-0.3, -0.25) is 9.59 Å². The second-order valence-corrected chi connectivity index (χ2v) is 7.49. The van der Waals surface area contributed by atoms with Gasteiger partial charge in [0, 0.05) is 18.1 Å². The monoisotopic (exact) mass is 405 g/mol. The third kappa shape index (κ3) is 4.08. The van der Waals surface area contributed by atoms with E-state index in [4.69, 9.17) is 4.74 Å². The Hall–Kier alpha value is -1.49. The molecule has 1 fully saturated rings. The Morgan fingerprint density at radius 3 is 2.57 bits per heavy atom. The summed E-state index contributed by atoms with van der Waals surface area (Å²) in [5, 5.41) is 4.53. The van der Waals surface area contributed by atoms with Crippen LogP contribution < -0.4 is 10.6 Å². The van der Waals surface area contributed by atoms with E-state index in [1.165, 1.54) is 23.5 Å². The Labute approximate surface area is 142 Å². The van der Waals surface area contributed by atoms with Crippen LogP contribution in [-0.4, -0.2) is 57.5 Å². The average Bonchev–Trinajstić information content (AvgIpc) is 3.01. The van der Waals surface area contributed by atoms with Gasteiger partial charge in [0.15, 0.2) is 0 Å². The summed E-state index contributed by atoms with van der Waals surface area (Å²) in [6.07, 6.45) is -0.850. The van der Waals surface area contributed by atoms with Crippen LogP contribution in [0.25, 0.3) is 0 Å². The zero-order valence-corrected chi connectivity index (χ0v) is 14.7. The molecular weight excluding hydrogens is 390 g/mol. The molecule has 1 aliphatic rings. The second kappa shape index (κ2) is 7.39. The van der Waals surface area contributed by atoms with Crippen molar-refractivity contribution < 1.29 is 22.7 Å². The number of likely N-dealkylation sites (N-methyl/N-ethyl adjacent to an activating group) is 1. The highest BCUT2D eigenvalue weighted by Gasteiger charge is 2.36. The lowest BCUT2D eigenvalue weighted by Gasteiger charge is -2.22. The van der Waals surface area contributed by atoms with Crippen molar-refractivity contribution in [1.82, 2.24) is 14.9 Å². The molecule has 1 saturated heterocycles. The van der Waals surface area contributed by atoms with E-state index in [-0.39, 0.29) is 24.6 Å². The Balaban J connectivity index is 2.10. The molecule has 1 heterocycles. The topological polar surface area (TPSA) is 105 Å². The van der Waals surface area contributed by atoms with Crippen LogP contribution >= 0.6 is 15.9 Å². The minimum Gasteiger partial charge on any atom is -0.359 e. The van der Waals surface area contributed by atoms with Crippen LogP contribution in [0.3, 0.4) is 0 Å². The van der Waals surface area contributed by atoms with Gasteiger partial charge in [-0.25, -0.2) is 8.42 Å². The fourth-order valence-corrected chi connectivity index (χ4v) is 3.83. The number of nitrogens with zero attached hydrogens (tertiary/aromatic N) is 1. The number of hydrogen-bond donors (Lipinski definition) is 2. The summed E-state index contributed by atoms with van der Waals surface area (Å²) < 4.78 is 32.5. The first-order valence-corrected chi connectivity index (χ1v) is 8.98. The standard InChI is InChI=1S/C13H16BrN3O5S/c1-15-12(18)13(19)16-8-11-17(6-7-22-11)23(20,21)10-4-2-9(14)3-5-10/h2-5,11H,6-8H2,1H3,(H,15,18)(H,16,19). The van der Waals surface area contributed by atoms with Gasteiger partial charge in [-0.15, -0.1) is 0 Å². The van der Waals surface area contributed by atoms with Crippen molar-refractivity contribution in [1.29, 1.82) is 0 Å². The quantitative estimate of drug-likeness (QED) is 0.666. The molecule has 1 aliphatic heterocycles. The Kier molecular flexibility index (Phi) is 5.74. The van der Waals surface area contributed by atoms with Crippen molar-refractivity contribution in [3.8, 4) is 0 Å². The van der Waals surface area contributed by atoms with Crippen molar-refractivity contribution in [2.75, 3.05) is 26.7 Å². The van der Waals surface area contributed by atoms with Crippen molar-refractivity contribution in [3.63, 3.8) is 0 Å². The number of hydrogen-bond acceptors (Lipinski definition) is 5. The van der Waals surface area contributed by atoms with Gasteiger partial charge in [-0.2, -0.15) is 4.31 Å². The highest BCUT2D eigenvalue weighted by Crippen LogP contribution is 2.23. The number of amides is 2. The molecule has 2 amide bonds. The summed E-state index contributed by atoms with van der Waals surface area (Å²) in [4.78, 5) is 22.7. The Bertz CT molecular complexity index is 692. The molecular formula is C13H16BrN3O5S. The minimum absolute atomic E-state index is 0.109. The van der Waals surface area contributed by atoms with Gasteiger partial charge in [-0.1, -0.05) is 15.9 Å². The molecule has 1 unspecified atom stereocenters. The lowest BCUT2D eigenvalue weighted by Crippen LogP contribution is -2.46. The number of benzene rings is 1. The van der Waals surface area contributed by atoms with E-state index in [9.17, 15) is 18.0 Å². The number of carbonyl (C=O) groups excluding carboxylic acids is 2. The number of rotatable bonds is 4. The first-order chi connectivity index (χ1) is 10.9. The minimum atomic E-state index is -3.74. The van der Waals surface area contributed by atoms with E-state index in [1.807, 2.05) is 0 Å². The second-order valence-electron chi connectivity index (χ2n) is 4.68. The molecule has 0 radical (unpaired) electrons. The van der Waals surface area contributed by atoms with Gasteiger partial charge in [-0.05, 0) is 24.3 Å². The first-order valence-electron chi connectivity index (χ1n) is 6.75. The summed E-state index contributed by atoms with van der Waals surface area (Å²) >= 11 is 3.25. The molecule has 0 spiro atoms. The van der Waals surface area contributed by atoms with Gasteiger partial charge in [0.25, 0.3) is 0 Å². The first kappa shape index (κ1) is 17.9. The molecule has 23 heavy (non-hydrogen) atoms. The van der Waals surface area contributed by atoms with Gasteiger partial charge in [0.05, 0.1) is 18.0 Å². The third-order valence-electron chi connectivity index (χ3n) is 3.23. The number of nitrogens with one attached hydrogen (secondary N) is 2. The molecule has 0 aromatic heterocycles. The molecule has 8 nitrogen and oxygen atoms in total. The highest BCUT2D eigenvalue weighted by atomic mass is 79.9. The molecule has 126 valence electrons. The molecule has 0 bridgehead atoms. The predicted octanol–water partition coefficient (Wildman–Crippen LogP) is -0.342. The van der Waals surface area contributed by atoms with E-state index in [2.05, 4.69) is 26.6 Å². The van der Waals surface area contributed by atoms with E-state index in [0.29, 0.717) is 0 Å². The van der Waals surface area contributed by atoms with Crippen LogP contribution in [-0.2, 0) is 24.3 Å². The molecule has 2 rings (SSSR count). The largest absolute Gasteiger partial charge is 0.359 e. The lowest BCUT2D eigenvalue weighted by molar-refractivity contribution is -0.139. The summed E-state index contributed by atoms with van der Waals surface area (Å²) in [6, 6.07) is 6.23. The van der Waals surface area contributed by atoms with Gasteiger partial charge in [0.1, 0.15) is 6.23 Å². The smallest absolute Gasteiger partial charge is 0.309 e. The van der Waals surface area contributed by atoms with Crippen molar-refractivity contribution in [3.05, 3.63) is 28.7 Å². The number of sulfonamides is 1. The number of carbonyl (C=O) groups is 2. The van der Waals surface area contributed by atoms with E-state index in [1.54, 1.807) is 12.1 Å². The SMILES string of the molecule is CNC(=O)C(=O)NCC1OCCN1S(=O)(=O)c1ccc(Br)cc1.